The molecule has 1 aromatic rings. The number of aryl methyl sites for hydroxylation is 1. The molecule has 1 heterocycles. The molecule has 0 saturated heterocycles. The summed E-state index contributed by atoms with van der Waals surface area (Å²) < 4.78 is 5.81. The number of ether oxygens (including phenoxy) is 1. The summed E-state index contributed by atoms with van der Waals surface area (Å²) in [4.78, 5) is 23.1. The lowest BCUT2D eigenvalue weighted by atomic mass is 9.92. The number of fused-ring (bicyclic) bond motifs is 1. The normalized spacial score (nSPS) is 22.2. The fraction of sp³-hybridized carbons (Fsp3) is 0.200. The molecule has 0 fully saturated rings. The first kappa shape index (κ1) is 11.0. The Kier molecular flexibility index (Phi) is 2.59. The lowest BCUT2D eigenvalue weighted by Crippen LogP contribution is -2.29. The van der Waals surface area contributed by atoms with Gasteiger partial charge in [0.1, 0.15) is 11.9 Å². The molecule has 1 atom stereocenters. The number of para-hydroxylation sites is 1. The van der Waals surface area contributed by atoms with E-state index in [9.17, 15) is 9.59 Å². The molecule has 1 aromatic carbocycles. The fourth-order valence-corrected chi connectivity index (χ4v) is 2.32. The van der Waals surface area contributed by atoms with Gasteiger partial charge in [-0.05, 0) is 42.7 Å². The van der Waals surface area contributed by atoms with E-state index >= 15 is 0 Å². The van der Waals surface area contributed by atoms with Crippen LogP contribution in [-0.4, -0.2) is 17.7 Å². The number of rotatable bonds is 1. The van der Waals surface area contributed by atoms with Gasteiger partial charge in [0.05, 0.1) is 0 Å². The molecule has 1 unspecified atom stereocenters. The average molecular weight is 240 g/mol. The zero-order valence-electron chi connectivity index (χ0n) is 9.76. The fourth-order valence-electron chi connectivity index (χ4n) is 2.32. The Morgan fingerprint density at radius 2 is 1.94 bits per heavy atom. The molecule has 0 amide bonds. The molecule has 18 heavy (non-hydrogen) atoms. The van der Waals surface area contributed by atoms with Crippen molar-refractivity contribution < 1.29 is 14.3 Å². The second-order valence-electron chi connectivity index (χ2n) is 4.45. The molecule has 2 aliphatic rings. The number of hydrogen-bond donors (Lipinski definition) is 0. The van der Waals surface area contributed by atoms with Gasteiger partial charge < -0.3 is 4.74 Å². The monoisotopic (exact) mass is 240 g/mol. The molecule has 3 nitrogen and oxygen atoms in total. The van der Waals surface area contributed by atoms with E-state index in [1.807, 2.05) is 24.3 Å². The van der Waals surface area contributed by atoms with Crippen LogP contribution < -0.4 is 4.74 Å². The highest BCUT2D eigenvalue weighted by molar-refractivity contribution is 6.17. The van der Waals surface area contributed by atoms with Gasteiger partial charge in [-0.1, -0.05) is 18.2 Å². The van der Waals surface area contributed by atoms with E-state index in [1.165, 1.54) is 18.2 Å². The first-order valence-corrected chi connectivity index (χ1v) is 5.96. The minimum atomic E-state index is -0.304. The van der Waals surface area contributed by atoms with Crippen LogP contribution in [0.25, 0.3) is 0 Å². The standard InChI is InChI=1S/C15H12O3/c16-11-6-7-13(17)12(9-11)15-8-5-10-3-1-2-4-14(10)18-15/h1-4,6-7,9,15H,5,8H2. The second kappa shape index (κ2) is 4.26. The predicted octanol–water partition coefficient (Wildman–Crippen LogP) is 2.01. The van der Waals surface area contributed by atoms with Crippen LogP contribution in [0.4, 0.5) is 0 Å². The van der Waals surface area contributed by atoms with E-state index in [1.54, 1.807) is 0 Å². The maximum atomic E-state index is 11.8. The third-order valence-corrected chi connectivity index (χ3v) is 3.25. The first-order valence-electron chi connectivity index (χ1n) is 5.96. The second-order valence-corrected chi connectivity index (χ2v) is 4.45. The summed E-state index contributed by atoms with van der Waals surface area (Å²) >= 11 is 0. The predicted molar refractivity (Wildman–Crippen MR) is 66.4 cm³/mol. The van der Waals surface area contributed by atoms with Gasteiger partial charge >= 0.3 is 0 Å². The van der Waals surface area contributed by atoms with E-state index in [4.69, 9.17) is 4.74 Å². The van der Waals surface area contributed by atoms with Crippen molar-refractivity contribution in [3.63, 3.8) is 0 Å². The van der Waals surface area contributed by atoms with Crippen molar-refractivity contribution in [2.45, 2.75) is 18.9 Å². The molecular formula is C15H12O3. The Balaban J connectivity index is 1.88. The van der Waals surface area contributed by atoms with E-state index < -0.39 is 0 Å². The van der Waals surface area contributed by atoms with Crippen molar-refractivity contribution in [3.8, 4) is 5.75 Å². The zero-order chi connectivity index (χ0) is 12.5. The summed E-state index contributed by atoms with van der Waals surface area (Å²) in [5.41, 5.74) is 1.62. The van der Waals surface area contributed by atoms with Crippen LogP contribution in [0.3, 0.4) is 0 Å². The molecule has 0 N–H and O–H groups in total. The summed E-state index contributed by atoms with van der Waals surface area (Å²) in [6, 6.07) is 7.80. The summed E-state index contributed by atoms with van der Waals surface area (Å²) in [7, 11) is 0. The highest BCUT2D eigenvalue weighted by Crippen LogP contribution is 2.30. The number of hydrogen-bond acceptors (Lipinski definition) is 3. The van der Waals surface area contributed by atoms with E-state index in [0.29, 0.717) is 5.57 Å². The van der Waals surface area contributed by atoms with Crippen molar-refractivity contribution in [2.75, 3.05) is 0 Å². The van der Waals surface area contributed by atoms with Gasteiger partial charge in [0.15, 0.2) is 11.6 Å². The lowest BCUT2D eigenvalue weighted by Gasteiger charge is -2.27. The maximum absolute atomic E-state index is 11.8. The van der Waals surface area contributed by atoms with Crippen molar-refractivity contribution in [3.05, 3.63) is 53.6 Å². The number of ketones is 2. The molecule has 3 rings (SSSR count). The van der Waals surface area contributed by atoms with Gasteiger partial charge in [-0.15, -0.1) is 0 Å². The highest BCUT2D eigenvalue weighted by atomic mass is 16.5. The Bertz CT molecular complexity index is 581. The Morgan fingerprint density at radius 1 is 1.11 bits per heavy atom. The van der Waals surface area contributed by atoms with Crippen LogP contribution in [-0.2, 0) is 16.0 Å². The van der Waals surface area contributed by atoms with Crippen molar-refractivity contribution in [1.29, 1.82) is 0 Å². The molecule has 1 aliphatic heterocycles. The first-order chi connectivity index (χ1) is 8.74. The number of carbonyl (C=O) groups is 2. The van der Waals surface area contributed by atoms with E-state index in [-0.39, 0.29) is 17.7 Å². The topological polar surface area (TPSA) is 43.4 Å². The highest BCUT2D eigenvalue weighted by Gasteiger charge is 2.27. The zero-order valence-corrected chi connectivity index (χ0v) is 9.76. The molecule has 0 radical (unpaired) electrons. The minimum absolute atomic E-state index is 0.126. The van der Waals surface area contributed by atoms with Crippen molar-refractivity contribution >= 4 is 11.6 Å². The maximum Gasteiger partial charge on any atom is 0.185 e. The van der Waals surface area contributed by atoms with Gasteiger partial charge in [0.25, 0.3) is 0 Å². The van der Waals surface area contributed by atoms with Gasteiger partial charge in [0.2, 0.25) is 0 Å². The summed E-state index contributed by atoms with van der Waals surface area (Å²) in [6.45, 7) is 0. The third kappa shape index (κ3) is 1.88. The summed E-state index contributed by atoms with van der Waals surface area (Å²) in [5, 5.41) is 0. The van der Waals surface area contributed by atoms with Crippen molar-refractivity contribution in [1.82, 2.24) is 0 Å². The third-order valence-electron chi connectivity index (χ3n) is 3.25. The molecule has 0 aromatic heterocycles. The van der Waals surface area contributed by atoms with Crippen LogP contribution in [0, 0.1) is 0 Å². The Hall–Kier alpha value is -2.16. The lowest BCUT2D eigenvalue weighted by molar-refractivity contribution is -0.115. The smallest absolute Gasteiger partial charge is 0.185 e. The molecule has 0 spiro atoms. The summed E-state index contributed by atoms with van der Waals surface area (Å²) in [5.74, 6) is 0.537. The Morgan fingerprint density at radius 3 is 2.83 bits per heavy atom. The van der Waals surface area contributed by atoms with E-state index in [0.717, 1.165) is 24.2 Å². The SMILES string of the molecule is O=C1C=CC(=O)C(C2CCc3ccccc3O2)=C1. The molecule has 1 aliphatic carbocycles. The largest absolute Gasteiger partial charge is 0.485 e. The molecular weight excluding hydrogens is 228 g/mol. The molecule has 0 saturated carbocycles. The van der Waals surface area contributed by atoms with Crippen molar-refractivity contribution in [2.24, 2.45) is 0 Å². The number of allylic oxidation sites excluding steroid dienone is 3. The van der Waals surface area contributed by atoms with Crippen LogP contribution in [0.15, 0.2) is 48.1 Å². The van der Waals surface area contributed by atoms with E-state index in [2.05, 4.69) is 0 Å². The quantitative estimate of drug-likeness (QED) is 0.705. The van der Waals surface area contributed by atoms with Crippen LogP contribution in [0.5, 0.6) is 5.75 Å². The number of carbonyl (C=O) groups excluding carboxylic acids is 2. The molecule has 0 bridgehead atoms. The Labute approximate surface area is 105 Å². The van der Waals surface area contributed by atoms with Gasteiger partial charge in [-0.3, -0.25) is 9.59 Å². The minimum Gasteiger partial charge on any atom is -0.485 e. The van der Waals surface area contributed by atoms with Crippen LogP contribution in [0.2, 0.25) is 0 Å². The molecule has 3 heteroatoms. The van der Waals surface area contributed by atoms with Crippen LogP contribution >= 0.6 is 0 Å². The van der Waals surface area contributed by atoms with Gasteiger partial charge in [-0.25, -0.2) is 0 Å². The van der Waals surface area contributed by atoms with Crippen LogP contribution in [0.1, 0.15) is 12.0 Å². The summed E-state index contributed by atoms with van der Waals surface area (Å²) in [6.07, 6.45) is 5.30. The average Bonchev–Trinajstić information content (AvgIpc) is 2.41. The van der Waals surface area contributed by atoms with Gasteiger partial charge in [0, 0.05) is 5.57 Å². The number of benzene rings is 1. The molecule has 90 valence electrons. The van der Waals surface area contributed by atoms with Gasteiger partial charge in [-0.2, -0.15) is 0 Å².